The summed E-state index contributed by atoms with van der Waals surface area (Å²) >= 11 is 6.61. The van der Waals surface area contributed by atoms with Crippen LogP contribution < -0.4 is 22.9 Å². The van der Waals surface area contributed by atoms with Crippen molar-refractivity contribution in [3.8, 4) is 5.75 Å². The van der Waals surface area contributed by atoms with Gasteiger partial charge < -0.3 is 38.3 Å². The second kappa shape index (κ2) is 38.9. The van der Waals surface area contributed by atoms with Crippen molar-refractivity contribution in [1.29, 1.82) is 0 Å². The number of aromatic hydroxyl groups is 1. The zero-order valence-corrected chi connectivity index (χ0v) is 50.7. The number of anilines is 4. The van der Waals surface area contributed by atoms with Crippen LogP contribution in [-0.4, -0.2) is 28.9 Å². The Bertz CT molecular complexity index is 2430. The number of benzene rings is 6. The molecule has 12 heteroatoms. The maximum atomic E-state index is 10.2. The number of para-hydroxylation sites is 5. The number of thiol groups is 1. The molecule has 6 atom stereocenters. The third-order valence-corrected chi connectivity index (χ3v) is 14.4. The predicted molar refractivity (Wildman–Crippen MR) is 337 cm³/mol. The average molecular weight is 1120 g/mol. The van der Waals surface area contributed by atoms with Crippen LogP contribution >= 0.6 is 28.7 Å². The fourth-order valence-electron chi connectivity index (χ4n) is 7.76. The number of carboxylic acid groups (broad SMARTS) is 1. The molecule has 0 aliphatic heterocycles. The Balaban J connectivity index is 0.000000881. The van der Waals surface area contributed by atoms with Gasteiger partial charge in [0.05, 0.1) is 0 Å². The van der Waals surface area contributed by atoms with Gasteiger partial charge in [-0.1, -0.05) is 212 Å². The van der Waals surface area contributed by atoms with E-state index in [-0.39, 0.29) is 0 Å². The number of nitrogens with two attached hydrogens (primary N) is 4. The van der Waals surface area contributed by atoms with Crippen molar-refractivity contribution < 1.29 is 20.1 Å². The van der Waals surface area contributed by atoms with Crippen molar-refractivity contribution in [2.24, 2.45) is 4.30 Å². The first-order valence-corrected chi connectivity index (χ1v) is 28.1. The number of phenols is 1. The van der Waals surface area contributed by atoms with Crippen molar-refractivity contribution in [2.75, 3.05) is 22.9 Å². The number of nitrogens with zero attached hydrogens (tertiary/aromatic N) is 1. The van der Waals surface area contributed by atoms with Gasteiger partial charge in [-0.05, 0) is 152 Å². The summed E-state index contributed by atoms with van der Waals surface area (Å²) < 4.78 is 3.69. The molecular weight excluding hydrogens is 1030 g/mol. The number of phenolic OH excluding ortho intramolecular Hbond substituents is 1. The molecule has 6 aromatic rings. The van der Waals surface area contributed by atoms with E-state index in [4.69, 9.17) is 33.1 Å². The Labute approximate surface area is 474 Å². The number of hydrogen-bond donors (Lipinski definition) is 8. The van der Waals surface area contributed by atoms with Crippen molar-refractivity contribution in [3.63, 3.8) is 0 Å². The summed E-state index contributed by atoms with van der Waals surface area (Å²) in [6.07, 6.45) is 4.22. The average Bonchev–Trinajstić information content (AvgIpc) is 3.41. The molecule has 9 nitrogen and oxygen atoms in total. The van der Waals surface area contributed by atoms with Gasteiger partial charge in [0.2, 0.25) is 0 Å². The number of aliphatic hydroxyl groups excluding tert-OH is 1. The summed E-state index contributed by atoms with van der Waals surface area (Å²) in [5.74, 6) is 2.88. The van der Waals surface area contributed by atoms with Gasteiger partial charge in [0.25, 0.3) is 0 Å². The van der Waals surface area contributed by atoms with Gasteiger partial charge in [0.15, 0.2) is 6.10 Å². The van der Waals surface area contributed by atoms with Crippen LogP contribution in [0.1, 0.15) is 221 Å². The molecule has 0 saturated carbocycles. The van der Waals surface area contributed by atoms with Crippen molar-refractivity contribution >= 4 is 65.1 Å². The Kier molecular flexibility index (Phi) is 36.1. The molecule has 0 heterocycles. The molecule has 0 fully saturated rings. The van der Waals surface area contributed by atoms with E-state index in [1.54, 1.807) is 30.3 Å². The number of hydrogen-bond acceptors (Lipinski definition) is 9. The molecule has 5 unspecified atom stereocenters. The van der Waals surface area contributed by atoms with E-state index in [0.717, 1.165) is 70.5 Å². The van der Waals surface area contributed by atoms with Crippen molar-refractivity contribution in [1.82, 2.24) is 0 Å². The fraction of sp³-hybridized carbons (Fsp3) is 0.422. The van der Waals surface area contributed by atoms with Gasteiger partial charge in [0, 0.05) is 27.2 Å². The minimum atomic E-state index is -1.41. The molecule has 0 aliphatic carbocycles. The van der Waals surface area contributed by atoms with Gasteiger partial charge >= 0.3 is 30.7 Å². The molecule has 0 aliphatic rings. The van der Waals surface area contributed by atoms with Crippen LogP contribution in [-0.2, 0) is 4.79 Å². The molecule has 1 radical (unpaired) electrons. The van der Waals surface area contributed by atoms with E-state index in [1.807, 2.05) is 66.7 Å². The van der Waals surface area contributed by atoms with E-state index < -0.39 is 12.1 Å². The Morgan fingerprint density at radius 2 is 0.789 bits per heavy atom. The summed E-state index contributed by atoms with van der Waals surface area (Å²) in [5, 5.41) is 27.4. The van der Waals surface area contributed by atoms with Gasteiger partial charge in [-0.15, -0.1) is 0 Å². The molecule has 0 spiro atoms. The maximum absolute atomic E-state index is 10.2. The molecule has 0 bridgehead atoms. The normalized spacial score (nSPS) is 12.6. The third-order valence-electron chi connectivity index (χ3n) is 13.7. The van der Waals surface area contributed by atoms with Crippen LogP contribution in [0.25, 0.3) is 0 Å². The van der Waals surface area contributed by atoms with Gasteiger partial charge in [-0.2, -0.15) is 0 Å². The fourth-order valence-corrected chi connectivity index (χ4v) is 8.14. The van der Waals surface area contributed by atoms with E-state index in [9.17, 15) is 9.90 Å². The second-order valence-corrected chi connectivity index (χ2v) is 20.8. The van der Waals surface area contributed by atoms with E-state index in [1.165, 1.54) is 27.8 Å². The van der Waals surface area contributed by atoms with E-state index in [2.05, 4.69) is 174 Å². The summed E-state index contributed by atoms with van der Waals surface area (Å²) in [4.78, 5) is 10.2. The number of halogens is 1. The number of rotatable bonds is 14. The van der Waals surface area contributed by atoms with Gasteiger partial charge in [-0.3, -0.25) is 0 Å². The number of aliphatic hydroxyl groups is 1. The number of aliphatic carboxylic acids is 1. The van der Waals surface area contributed by atoms with Crippen LogP contribution in [0, 0.1) is 0 Å². The zero-order valence-electron chi connectivity index (χ0n) is 48.3. The molecule has 415 valence electrons. The molecule has 6 aromatic carbocycles. The number of nitrogen functional groups attached to an aromatic ring is 4. The summed E-state index contributed by atoms with van der Waals surface area (Å²) in [6, 6.07) is 43.0. The van der Waals surface area contributed by atoms with Crippen LogP contribution in [0.15, 0.2) is 142 Å². The number of carbonyl (C=O) groups is 1. The van der Waals surface area contributed by atoms with Crippen LogP contribution in [0.3, 0.4) is 0 Å². The molecule has 6 rings (SSSR count). The molecule has 11 N–H and O–H groups in total. The molecule has 0 amide bonds. The van der Waals surface area contributed by atoms with E-state index >= 15 is 0 Å². The molecular formula is C64H94BBrN5O4S. The summed E-state index contributed by atoms with van der Waals surface area (Å²) in [7, 11) is 4.34. The third kappa shape index (κ3) is 24.6. The van der Waals surface area contributed by atoms with Gasteiger partial charge in [-0.25, -0.2) is 4.79 Å². The second-order valence-electron chi connectivity index (χ2n) is 19.8. The first kappa shape index (κ1) is 70.4. The summed E-state index contributed by atoms with van der Waals surface area (Å²) in [6.45, 7) is 30.4. The predicted octanol–water partition coefficient (Wildman–Crippen LogP) is 18.0. The standard InChI is InChI=1S/C13H21N.C13H20O.C10H14BrN.2C10H15N.C8H8O3.BHNS/c2*1-5-10(4)12-8-6-7-11(9(2)3)13(12)14;1-3-7(2)8-5-4-6-9(11)10(8)12;2*1-3-8(2)9-6-4-5-7-10(9)11;9-7(8(10)11)6-4-2-1-3-5-6;1-2-3/h6-10H,5,14H2,1-4H3;6-10,14H,5H2,1-4H3;4-7H,3,12H2,1-2H3;2*4-8H,3,11H2,1-2H3;1-5,7,9H,(H,10,11);3H/t;;;;;7-;/m.....0./s1. The first-order valence-electron chi connectivity index (χ1n) is 26.9. The SMILES string of the molecule is CCC(C)c1cccc(Br)c1N.CCC(C)c1cccc(C(C)C)c1N.CCC(C)c1cccc(C(C)C)c1O.CCC(C)c1ccccc1N.CCC(C)c1ccccc1N.O=C(O)[C@@H](O)c1ccccc1.[B]=NS. The van der Waals surface area contributed by atoms with Crippen LogP contribution in [0.4, 0.5) is 22.7 Å². The topological polar surface area (TPSA) is 194 Å². The monoisotopic (exact) mass is 1120 g/mol. The Morgan fingerprint density at radius 1 is 0.487 bits per heavy atom. The Morgan fingerprint density at radius 3 is 1.17 bits per heavy atom. The van der Waals surface area contributed by atoms with E-state index in [0.29, 0.717) is 52.7 Å². The quantitative estimate of drug-likeness (QED) is 0.0300. The number of carboxylic acids is 1. The molecule has 76 heavy (non-hydrogen) atoms. The minimum absolute atomic E-state index is 0.388. The van der Waals surface area contributed by atoms with Gasteiger partial charge in [0.1, 0.15) is 5.75 Å². The zero-order chi connectivity index (χ0) is 58.1. The van der Waals surface area contributed by atoms with Crippen LogP contribution in [0.5, 0.6) is 5.75 Å². The van der Waals surface area contributed by atoms with Crippen LogP contribution in [0.2, 0.25) is 0 Å². The Hall–Kier alpha value is -5.56. The van der Waals surface area contributed by atoms with Crippen molar-refractivity contribution in [3.05, 3.63) is 182 Å². The molecule has 0 saturated heterocycles. The molecule has 0 aromatic heterocycles. The first-order chi connectivity index (χ1) is 35.9. The van der Waals surface area contributed by atoms with Crippen molar-refractivity contribution in [2.45, 2.75) is 177 Å². The summed E-state index contributed by atoms with van der Waals surface area (Å²) in [5.41, 5.74) is 36.3.